The smallest absolute Gasteiger partial charge is 0.337 e. The molecule has 0 bridgehead atoms. The zero-order valence-electron chi connectivity index (χ0n) is 17.4. The number of amides is 1. The van der Waals surface area contributed by atoms with Crippen molar-refractivity contribution in [1.82, 2.24) is 9.55 Å². The minimum atomic E-state index is -0.459. The van der Waals surface area contributed by atoms with E-state index in [0.29, 0.717) is 32.9 Å². The van der Waals surface area contributed by atoms with E-state index in [0.717, 1.165) is 11.1 Å². The van der Waals surface area contributed by atoms with Gasteiger partial charge in [-0.3, -0.25) is 9.59 Å². The van der Waals surface area contributed by atoms with E-state index in [1.54, 1.807) is 35.9 Å². The number of halogens is 1. The predicted molar refractivity (Wildman–Crippen MR) is 123 cm³/mol. The summed E-state index contributed by atoms with van der Waals surface area (Å²) in [5, 5.41) is 3.96. The first-order valence-corrected chi connectivity index (χ1v) is 11.2. The van der Waals surface area contributed by atoms with Crippen molar-refractivity contribution in [3.63, 3.8) is 0 Å². The SMILES string of the molecule is COC(=O)c1ccc(C2CC(=O)Nc3c2c(=O)nc(SCc2ccccc2Cl)n3C)cc1. The Hall–Kier alpha value is -3.10. The van der Waals surface area contributed by atoms with Gasteiger partial charge in [-0.1, -0.05) is 53.7 Å². The molecule has 0 radical (unpaired) electrons. The Bertz CT molecular complexity index is 1260. The first kappa shape index (κ1) is 22.1. The first-order valence-electron chi connectivity index (χ1n) is 9.84. The number of esters is 1. The third-order valence-electron chi connectivity index (χ3n) is 5.35. The second kappa shape index (κ2) is 9.18. The van der Waals surface area contributed by atoms with E-state index in [2.05, 4.69) is 10.3 Å². The van der Waals surface area contributed by atoms with Crippen molar-refractivity contribution in [2.45, 2.75) is 23.2 Å². The number of nitrogens with one attached hydrogen (secondary N) is 1. The molecule has 32 heavy (non-hydrogen) atoms. The third kappa shape index (κ3) is 4.28. The molecule has 2 aromatic carbocycles. The highest BCUT2D eigenvalue weighted by Gasteiger charge is 2.32. The van der Waals surface area contributed by atoms with Gasteiger partial charge in [-0.2, -0.15) is 4.98 Å². The van der Waals surface area contributed by atoms with Gasteiger partial charge in [-0.15, -0.1) is 0 Å². The van der Waals surface area contributed by atoms with Crippen LogP contribution in [0.5, 0.6) is 0 Å². The fourth-order valence-corrected chi connectivity index (χ4v) is 4.93. The quantitative estimate of drug-likeness (QED) is 0.345. The number of methoxy groups -OCH3 is 1. The van der Waals surface area contributed by atoms with Crippen LogP contribution < -0.4 is 10.9 Å². The lowest BCUT2D eigenvalue weighted by atomic mass is 9.86. The zero-order chi connectivity index (χ0) is 22.8. The van der Waals surface area contributed by atoms with Crippen molar-refractivity contribution in [2.75, 3.05) is 12.4 Å². The fraction of sp³-hybridized carbons (Fsp3) is 0.217. The van der Waals surface area contributed by atoms with Gasteiger partial charge in [0.05, 0.1) is 18.2 Å². The minimum absolute atomic E-state index is 0.119. The largest absolute Gasteiger partial charge is 0.465 e. The van der Waals surface area contributed by atoms with Crippen LogP contribution in [0.25, 0.3) is 0 Å². The fourth-order valence-electron chi connectivity index (χ4n) is 3.68. The topological polar surface area (TPSA) is 90.3 Å². The van der Waals surface area contributed by atoms with Crippen molar-refractivity contribution < 1.29 is 14.3 Å². The summed E-state index contributed by atoms with van der Waals surface area (Å²) in [6.07, 6.45) is 0.119. The summed E-state index contributed by atoms with van der Waals surface area (Å²) in [7, 11) is 3.08. The summed E-state index contributed by atoms with van der Waals surface area (Å²) in [5.41, 5.74) is 2.12. The average Bonchev–Trinajstić information content (AvgIpc) is 2.80. The van der Waals surface area contributed by atoms with E-state index in [4.69, 9.17) is 16.3 Å². The average molecular weight is 470 g/mol. The molecule has 3 aromatic rings. The van der Waals surface area contributed by atoms with Crippen molar-refractivity contribution in [1.29, 1.82) is 0 Å². The normalized spacial score (nSPS) is 15.1. The highest BCUT2D eigenvalue weighted by molar-refractivity contribution is 7.98. The van der Waals surface area contributed by atoms with E-state index in [9.17, 15) is 14.4 Å². The Kier molecular flexibility index (Phi) is 6.34. The lowest BCUT2D eigenvalue weighted by Gasteiger charge is -2.27. The molecule has 0 saturated heterocycles. The van der Waals surface area contributed by atoms with Crippen molar-refractivity contribution in [3.05, 3.63) is 86.2 Å². The second-order valence-electron chi connectivity index (χ2n) is 7.32. The molecule has 1 aromatic heterocycles. The van der Waals surface area contributed by atoms with Gasteiger partial charge in [0.1, 0.15) is 5.82 Å². The van der Waals surface area contributed by atoms with Crippen LogP contribution in [-0.2, 0) is 22.3 Å². The number of carbonyl (C=O) groups is 2. The minimum Gasteiger partial charge on any atom is -0.465 e. The number of rotatable bonds is 5. The Morgan fingerprint density at radius 1 is 1.22 bits per heavy atom. The van der Waals surface area contributed by atoms with E-state index in [1.165, 1.54) is 18.9 Å². The van der Waals surface area contributed by atoms with Gasteiger partial charge in [0, 0.05) is 30.2 Å². The standard InChI is InChI=1S/C23H20ClN3O4S/c1-27-20-19(21(29)26-23(27)32-12-15-5-3-4-6-17(15)24)16(11-18(28)25-20)13-7-9-14(10-8-13)22(30)31-2/h3-10,16H,11-12H2,1-2H3,(H,25,28). The molecule has 1 unspecified atom stereocenters. The summed E-state index contributed by atoms with van der Waals surface area (Å²) < 4.78 is 6.46. The van der Waals surface area contributed by atoms with Gasteiger partial charge in [0.2, 0.25) is 5.91 Å². The molecule has 1 N–H and O–H groups in total. The Labute approximate surface area is 193 Å². The van der Waals surface area contributed by atoms with Crippen LogP contribution in [0.3, 0.4) is 0 Å². The zero-order valence-corrected chi connectivity index (χ0v) is 19.0. The van der Waals surface area contributed by atoms with Crippen LogP contribution in [0.2, 0.25) is 5.02 Å². The number of aromatic nitrogens is 2. The number of benzene rings is 2. The van der Waals surface area contributed by atoms with E-state index in [-0.39, 0.29) is 17.9 Å². The lowest BCUT2D eigenvalue weighted by molar-refractivity contribution is -0.116. The Morgan fingerprint density at radius 2 is 1.94 bits per heavy atom. The number of fused-ring (bicyclic) bond motifs is 1. The molecule has 0 aliphatic carbocycles. The molecule has 2 heterocycles. The van der Waals surface area contributed by atoms with Gasteiger partial charge in [0.15, 0.2) is 5.16 Å². The van der Waals surface area contributed by atoms with Crippen molar-refractivity contribution >= 4 is 41.1 Å². The van der Waals surface area contributed by atoms with Crippen LogP contribution >= 0.6 is 23.4 Å². The molecule has 1 amide bonds. The predicted octanol–water partition coefficient (Wildman–Crippen LogP) is 3.99. The van der Waals surface area contributed by atoms with E-state index < -0.39 is 11.9 Å². The monoisotopic (exact) mass is 469 g/mol. The number of anilines is 1. The molecule has 4 rings (SSSR count). The van der Waals surface area contributed by atoms with Gasteiger partial charge in [-0.25, -0.2) is 4.79 Å². The molecule has 0 spiro atoms. The third-order valence-corrected chi connectivity index (χ3v) is 6.80. The molecule has 0 fully saturated rings. The van der Waals surface area contributed by atoms with Crippen LogP contribution in [0.4, 0.5) is 5.82 Å². The summed E-state index contributed by atoms with van der Waals surface area (Å²) in [6.45, 7) is 0. The van der Waals surface area contributed by atoms with Crippen LogP contribution in [0.1, 0.15) is 39.4 Å². The molecule has 9 heteroatoms. The molecular formula is C23H20ClN3O4S. The highest BCUT2D eigenvalue weighted by Crippen LogP contribution is 2.36. The highest BCUT2D eigenvalue weighted by atomic mass is 35.5. The van der Waals surface area contributed by atoms with E-state index in [1.807, 2.05) is 24.3 Å². The number of hydrogen-bond acceptors (Lipinski definition) is 6. The number of ether oxygens (including phenoxy) is 1. The first-order chi connectivity index (χ1) is 15.4. The van der Waals surface area contributed by atoms with Gasteiger partial charge < -0.3 is 14.6 Å². The van der Waals surface area contributed by atoms with Gasteiger partial charge in [-0.05, 0) is 29.3 Å². The molecule has 1 atom stereocenters. The van der Waals surface area contributed by atoms with Crippen LogP contribution in [-0.4, -0.2) is 28.5 Å². The number of carbonyl (C=O) groups excluding carboxylic acids is 2. The summed E-state index contributed by atoms with van der Waals surface area (Å²) in [6, 6.07) is 14.2. The molecule has 164 valence electrons. The van der Waals surface area contributed by atoms with Gasteiger partial charge in [0.25, 0.3) is 5.56 Å². The van der Waals surface area contributed by atoms with Gasteiger partial charge >= 0.3 is 5.97 Å². The van der Waals surface area contributed by atoms with Crippen LogP contribution in [0.15, 0.2) is 58.5 Å². The van der Waals surface area contributed by atoms with Crippen molar-refractivity contribution in [2.24, 2.45) is 7.05 Å². The number of nitrogens with zero attached hydrogens (tertiary/aromatic N) is 2. The molecule has 1 aliphatic rings. The van der Waals surface area contributed by atoms with Crippen molar-refractivity contribution in [3.8, 4) is 0 Å². The maximum atomic E-state index is 13.0. The lowest BCUT2D eigenvalue weighted by Crippen LogP contribution is -2.33. The summed E-state index contributed by atoms with van der Waals surface area (Å²) in [5.74, 6) is -0.131. The number of hydrogen-bond donors (Lipinski definition) is 1. The van der Waals surface area contributed by atoms with Crippen LogP contribution in [0, 0.1) is 0 Å². The molecular weight excluding hydrogens is 450 g/mol. The Morgan fingerprint density at radius 3 is 2.62 bits per heavy atom. The Balaban J connectivity index is 1.69. The maximum absolute atomic E-state index is 13.0. The summed E-state index contributed by atoms with van der Waals surface area (Å²) in [4.78, 5) is 41.5. The second-order valence-corrected chi connectivity index (χ2v) is 8.67. The molecule has 0 saturated carbocycles. The maximum Gasteiger partial charge on any atom is 0.337 e. The number of thioether (sulfide) groups is 1. The molecule has 1 aliphatic heterocycles. The summed E-state index contributed by atoms with van der Waals surface area (Å²) >= 11 is 7.61. The molecule has 7 nitrogen and oxygen atoms in total. The van der Waals surface area contributed by atoms with E-state index >= 15 is 0 Å².